The van der Waals surface area contributed by atoms with E-state index >= 15 is 0 Å². The van der Waals surface area contributed by atoms with Crippen LogP contribution in [0.1, 0.15) is 94.2 Å². The van der Waals surface area contributed by atoms with E-state index in [9.17, 15) is 10.2 Å². The van der Waals surface area contributed by atoms with Gasteiger partial charge in [-0.25, -0.2) is 0 Å². The average molecular weight is 517 g/mol. The second-order valence-electron chi connectivity index (χ2n) is 14.7. The highest BCUT2D eigenvalue weighted by molar-refractivity contribution is 6.04. The lowest BCUT2D eigenvalue weighted by molar-refractivity contribution is 0.244. The summed E-state index contributed by atoms with van der Waals surface area (Å²) in [6.07, 6.45) is 3.40. The third-order valence-electron chi connectivity index (χ3n) is 7.09. The van der Waals surface area contributed by atoms with E-state index in [1.54, 1.807) is 0 Å². The van der Waals surface area contributed by atoms with Crippen molar-refractivity contribution in [3.63, 3.8) is 0 Å². The van der Waals surface area contributed by atoms with Gasteiger partial charge in [0.15, 0.2) is 0 Å². The molecule has 38 heavy (non-hydrogen) atoms. The Balaban J connectivity index is 2.06. The Bertz CT molecular complexity index is 1280. The predicted octanol–water partition coefficient (Wildman–Crippen LogP) is 9.12. The van der Waals surface area contributed by atoms with Crippen LogP contribution in [0.5, 0.6) is 5.75 Å². The average Bonchev–Trinajstić information content (AvgIpc) is 2.73. The summed E-state index contributed by atoms with van der Waals surface area (Å²) in [6, 6.07) is 12.0. The highest BCUT2D eigenvalue weighted by Crippen LogP contribution is 2.42. The van der Waals surface area contributed by atoms with E-state index in [2.05, 4.69) is 101 Å². The first-order valence-electron chi connectivity index (χ1n) is 13.6. The van der Waals surface area contributed by atoms with Gasteiger partial charge in [0.1, 0.15) is 11.9 Å². The molecule has 0 saturated carbocycles. The van der Waals surface area contributed by atoms with E-state index in [1.807, 2.05) is 36.4 Å². The molecule has 0 fully saturated rings. The standard InChI is InChI=1S/C34H48N2O2/c1-31(2,3)21-16-25(33(7,8)9)29(37)27(18-21)35-23-14-13-15-24(20-23)36-28-19-22(32(4,5)6)17-26(30(28)38)34(10,11)12/h13-20,29,36-38H,1-12H3. The van der Waals surface area contributed by atoms with E-state index in [0.29, 0.717) is 11.4 Å². The van der Waals surface area contributed by atoms with Crippen molar-refractivity contribution in [2.24, 2.45) is 15.8 Å². The molecule has 1 atom stereocenters. The minimum atomic E-state index is -0.764. The number of hydrogen-bond acceptors (Lipinski definition) is 4. The molecule has 0 heterocycles. The summed E-state index contributed by atoms with van der Waals surface area (Å²) >= 11 is 0. The zero-order valence-electron chi connectivity index (χ0n) is 25.5. The summed E-state index contributed by atoms with van der Waals surface area (Å²) in [5.41, 5.74) is 6.56. The van der Waals surface area contributed by atoms with Crippen LogP contribution in [0.2, 0.25) is 0 Å². The van der Waals surface area contributed by atoms with Crippen LogP contribution in [0.3, 0.4) is 0 Å². The fourth-order valence-corrected chi connectivity index (χ4v) is 4.53. The molecule has 4 heteroatoms. The Hall–Kier alpha value is -2.85. The molecule has 1 aliphatic rings. The Kier molecular flexibility index (Phi) is 7.84. The highest BCUT2D eigenvalue weighted by Gasteiger charge is 2.32. The van der Waals surface area contributed by atoms with Crippen LogP contribution in [-0.2, 0) is 10.8 Å². The quantitative estimate of drug-likeness (QED) is 0.356. The van der Waals surface area contributed by atoms with Gasteiger partial charge in [0.2, 0.25) is 0 Å². The molecule has 0 aliphatic heterocycles. The summed E-state index contributed by atoms with van der Waals surface area (Å²) < 4.78 is 0. The topological polar surface area (TPSA) is 64.9 Å². The first-order valence-corrected chi connectivity index (χ1v) is 13.6. The van der Waals surface area contributed by atoms with E-state index in [0.717, 1.165) is 33.6 Å². The van der Waals surface area contributed by atoms with Crippen molar-refractivity contribution >= 4 is 22.8 Å². The number of nitrogens with one attached hydrogen (secondary N) is 1. The molecular weight excluding hydrogens is 468 g/mol. The lowest BCUT2D eigenvalue weighted by Crippen LogP contribution is -2.33. The Morgan fingerprint density at radius 1 is 0.737 bits per heavy atom. The van der Waals surface area contributed by atoms with Gasteiger partial charge in [0, 0.05) is 11.3 Å². The number of hydrogen-bond donors (Lipinski definition) is 3. The van der Waals surface area contributed by atoms with Gasteiger partial charge in [-0.05, 0) is 68.7 Å². The number of nitrogens with zero attached hydrogens (tertiary/aromatic N) is 1. The van der Waals surface area contributed by atoms with Crippen LogP contribution in [0.25, 0.3) is 0 Å². The van der Waals surface area contributed by atoms with Gasteiger partial charge in [0.05, 0.1) is 17.1 Å². The van der Waals surface area contributed by atoms with Crippen LogP contribution < -0.4 is 5.32 Å². The van der Waals surface area contributed by atoms with Crippen molar-refractivity contribution in [3.8, 4) is 5.75 Å². The number of aliphatic hydroxyl groups is 1. The van der Waals surface area contributed by atoms with E-state index in [4.69, 9.17) is 4.99 Å². The van der Waals surface area contributed by atoms with Crippen molar-refractivity contribution in [3.05, 3.63) is 70.8 Å². The first-order chi connectivity index (χ1) is 17.2. The Morgan fingerprint density at radius 3 is 1.89 bits per heavy atom. The number of aliphatic imine (C=N–C) groups is 1. The molecule has 206 valence electrons. The normalized spacial score (nSPS) is 18.3. The number of anilines is 2. The summed E-state index contributed by atoms with van der Waals surface area (Å²) in [5.74, 6) is 0.266. The number of phenolic OH excluding ortho intramolecular Hbond substituents is 1. The Morgan fingerprint density at radius 2 is 1.37 bits per heavy atom. The maximum Gasteiger partial charge on any atom is 0.142 e. The molecule has 1 unspecified atom stereocenters. The van der Waals surface area contributed by atoms with Gasteiger partial charge >= 0.3 is 0 Å². The highest BCUT2D eigenvalue weighted by atomic mass is 16.3. The fraction of sp³-hybridized carbons (Fsp3) is 0.500. The van der Waals surface area contributed by atoms with Crippen molar-refractivity contribution in [2.45, 2.75) is 100 Å². The molecular formula is C34H48N2O2. The van der Waals surface area contributed by atoms with E-state index in [-0.39, 0.29) is 27.4 Å². The van der Waals surface area contributed by atoms with Gasteiger partial charge in [-0.2, -0.15) is 0 Å². The maximum absolute atomic E-state index is 11.3. The first kappa shape index (κ1) is 29.7. The zero-order chi connectivity index (χ0) is 28.8. The zero-order valence-corrected chi connectivity index (χ0v) is 25.5. The predicted molar refractivity (Wildman–Crippen MR) is 163 cm³/mol. The molecule has 0 spiro atoms. The minimum Gasteiger partial charge on any atom is -0.505 e. The molecule has 3 N–H and O–H groups in total. The molecule has 0 saturated heterocycles. The van der Waals surface area contributed by atoms with Crippen molar-refractivity contribution in [1.82, 2.24) is 0 Å². The van der Waals surface area contributed by atoms with Crippen LogP contribution >= 0.6 is 0 Å². The summed E-state index contributed by atoms with van der Waals surface area (Å²) in [6.45, 7) is 25.8. The molecule has 0 aromatic heterocycles. The minimum absolute atomic E-state index is 0.0650. The summed E-state index contributed by atoms with van der Waals surface area (Å²) in [5, 5.41) is 25.9. The van der Waals surface area contributed by atoms with Crippen LogP contribution in [0, 0.1) is 10.8 Å². The number of rotatable bonds is 3. The third-order valence-corrected chi connectivity index (χ3v) is 7.09. The lowest BCUT2D eigenvalue weighted by atomic mass is 9.73. The summed E-state index contributed by atoms with van der Waals surface area (Å²) in [7, 11) is 0. The molecule has 2 aromatic rings. The number of aliphatic hydroxyl groups excluding tert-OH is 1. The van der Waals surface area contributed by atoms with Gasteiger partial charge in [-0.15, -0.1) is 0 Å². The lowest BCUT2D eigenvalue weighted by Gasteiger charge is -2.34. The van der Waals surface area contributed by atoms with Crippen molar-refractivity contribution < 1.29 is 10.2 Å². The molecule has 2 aromatic carbocycles. The van der Waals surface area contributed by atoms with Crippen molar-refractivity contribution in [1.29, 1.82) is 0 Å². The molecule has 3 rings (SSSR count). The Labute approximate surface area is 230 Å². The SMILES string of the molecule is CC(C)(C)C1=CC(=Nc2cccc(Nc3cc(C(C)(C)C)cc(C(C)(C)C)c3O)c2)C(O)C(C(C)(C)C)=C1. The monoisotopic (exact) mass is 516 g/mol. The number of aromatic hydroxyl groups is 1. The van der Waals surface area contributed by atoms with E-state index < -0.39 is 6.10 Å². The molecule has 1 aliphatic carbocycles. The molecule has 0 amide bonds. The number of benzene rings is 2. The van der Waals surface area contributed by atoms with Gasteiger partial charge < -0.3 is 15.5 Å². The van der Waals surface area contributed by atoms with Gasteiger partial charge in [-0.1, -0.05) is 101 Å². The number of allylic oxidation sites excluding steroid dienone is 2. The molecule has 0 radical (unpaired) electrons. The second kappa shape index (κ2) is 10.0. The van der Waals surface area contributed by atoms with Gasteiger partial charge in [0.25, 0.3) is 0 Å². The van der Waals surface area contributed by atoms with E-state index in [1.165, 1.54) is 0 Å². The fourth-order valence-electron chi connectivity index (χ4n) is 4.53. The van der Waals surface area contributed by atoms with Gasteiger partial charge in [-0.3, -0.25) is 4.99 Å². The molecule has 0 bridgehead atoms. The van der Waals surface area contributed by atoms with Crippen LogP contribution in [0.15, 0.2) is 64.7 Å². The van der Waals surface area contributed by atoms with Crippen molar-refractivity contribution in [2.75, 3.05) is 5.32 Å². The second-order valence-corrected chi connectivity index (χ2v) is 14.7. The maximum atomic E-state index is 11.3. The third kappa shape index (κ3) is 6.77. The smallest absolute Gasteiger partial charge is 0.142 e. The van der Waals surface area contributed by atoms with Crippen LogP contribution in [-0.4, -0.2) is 22.0 Å². The largest absolute Gasteiger partial charge is 0.505 e. The molecule has 4 nitrogen and oxygen atoms in total. The number of phenols is 1. The van der Waals surface area contributed by atoms with Crippen LogP contribution in [0.4, 0.5) is 17.1 Å². The summed E-state index contributed by atoms with van der Waals surface area (Å²) in [4.78, 5) is 4.91.